The second-order valence-electron chi connectivity index (χ2n) is 8.18. The Hall–Kier alpha value is -1.33. The molecule has 0 spiro atoms. The fraction of sp³-hybridized carbons (Fsp3) is 0.650. The van der Waals surface area contributed by atoms with Crippen molar-refractivity contribution < 1.29 is 18.7 Å². The molecule has 0 aliphatic rings. The van der Waals surface area contributed by atoms with Crippen molar-refractivity contribution in [3.05, 3.63) is 29.8 Å². The monoisotopic (exact) mass is 366 g/mol. The van der Waals surface area contributed by atoms with Crippen molar-refractivity contribution in [1.82, 2.24) is 0 Å². The minimum Gasteiger partial charge on any atom is -0.491 e. The van der Waals surface area contributed by atoms with Gasteiger partial charge in [-0.25, -0.2) is 0 Å². The first-order chi connectivity index (χ1) is 11.5. The summed E-state index contributed by atoms with van der Waals surface area (Å²) < 4.78 is 17.2. The van der Waals surface area contributed by atoms with E-state index in [9.17, 15) is 4.79 Å². The van der Waals surface area contributed by atoms with E-state index in [0.29, 0.717) is 19.8 Å². The van der Waals surface area contributed by atoms with Gasteiger partial charge < -0.3 is 13.9 Å². The summed E-state index contributed by atoms with van der Waals surface area (Å²) in [5.41, 5.74) is 1.13. The number of carbonyl (C=O) groups excluding carboxylic acids is 1. The van der Waals surface area contributed by atoms with E-state index in [2.05, 4.69) is 46.9 Å². The molecule has 4 nitrogen and oxygen atoms in total. The molecule has 0 saturated heterocycles. The van der Waals surface area contributed by atoms with Crippen molar-refractivity contribution in [3.63, 3.8) is 0 Å². The van der Waals surface area contributed by atoms with Gasteiger partial charge in [-0.1, -0.05) is 45.9 Å². The molecule has 0 N–H and O–H groups in total. The topological polar surface area (TPSA) is 44.8 Å². The third-order valence-electron chi connectivity index (χ3n) is 4.72. The molecule has 1 aromatic carbocycles. The third-order valence-corrected chi connectivity index (χ3v) is 9.26. The summed E-state index contributed by atoms with van der Waals surface area (Å²) in [6, 6.07) is 8.03. The van der Waals surface area contributed by atoms with Crippen LogP contribution in [0.1, 0.15) is 40.2 Å². The van der Waals surface area contributed by atoms with E-state index < -0.39 is 8.32 Å². The molecule has 1 rings (SSSR count). The molecular weight excluding hydrogens is 332 g/mol. The van der Waals surface area contributed by atoms with Gasteiger partial charge in [0.2, 0.25) is 0 Å². The lowest BCUT2D eigenvalue weighted by molar-refractivity contribution is -0.142. The number of ether oxygens (including phenoxy) is 2. The SMILES string of the molecule is CC(=O)OC[C@@H](C)Cc1ccccc1OCCO[Si](C)(C)C(C)(C)C. The van der Waals surface area contributed by atoms with Gasteiger partial charge in [-0.3, -0.25) is 4.79 Å². The minimum absolute atomic E-state index is 0.205. The number of para-hydroxylation sites is 1. The third kappa shape index (κ3) is 7.61. The van der Waals surface area contributed by atoms with Gasteiger partial charge in [-0.2, -0.15) is 0 Å². The minimum atomic E-state index is -1.73. The lowest BCUT2D eigenvalue weighted by atomic mass is 10.0. The van der Waals surface area contributed by atoms with Gasteiger partial charge in [-0.15, -0.1) is 0 Å². The highest BCUT2D eigenvalue weighted by molar-refractivity contribution is 6.74. The van der Waals surface area contributed by atoms with Crippen LogP contribution >= 0.6 is 0 Å². The standard InChI is InChI=1S/C20H34O4Si/c1-16(15-23-17(2)21)14-18-10-8-9-11-19(18)22-12-13-24-25(6,7)20(3,4)5/h8-11,16H,12-15H2,1-7H3/t16-/m0/s1. The molecule has 0 amide bonds. The molecule has 0 aliphatic carbocycles. The van der Waals surface area contributed by atoms with Crippen molar-refractivity contribution >= 4 is 14.3 Å². The zero-order valence-corrected chi connectivity index (χ0v) is 17.8. The molecule has 0 radical (unpaired) electrons. The van der Waals surface area contributed by atoms with E-state index in [1.807, 2.05) is 18.2 Å². The highest BCUT2D eigenvalue weighted by Crippen LogP contribution is 2.36. The van der Waals surface area contributed by atoms with Crippen LogP contribution in [0, 0.1) is 5.92 Å². The maximum absolute atomic E-state index is 10.9. The summed E-state index contributed by atoms with van der Waals surface area (Å²) in [4.78, 5) is 10.9. The molecule has 0 unspecified atom stereocenters. The van der Waals surface area contributed by atoms with E-state index in [0.717, 1.165) is 17.7 Å². The van der Waals surface area contributed by atoms with Crippen molar-refractivity contribution in [2.24, 2.45) is 5.92 Å². The Bertz CT molecular complexity index is 549. The molecule has 1 aromatic rings. The number of hydrogen-bond acceptors (Lipinski definition) is 4. The summed E-state index contributed by atoms with van der Waals surface area (Å²) in [6.07, 6.45) is 0.812. The van der Waals surface area contributed by atoms with E-state index in [-0.39, 0.29) is 16.9 Å². The zero-order valence-electron chi connectivity index (χ0n) is 16.8. The van der Waals surface area contributed by atoms with Crippen LogP contribution < -0.4 is 4.74 Å². The maximum atomic E-state index is 10.9. The number of carbonyl (C=O) groups is 1. The zero-order chi connectivity index (χ0) is 19.1. The number of rotatable bonds is 9. The first kappa shape index (κ1) is 21.7. The highest BCUT2D eigenvalue weighted by Gasteiger charge is 2.36. The summed E-state index contributed by atoms with van der Waals surface area (Å²) in [5, 5.41) is 0.205. The quantitative estimate of drug-likeness (QED) is 0.357. The molecule has 0 aliphatic heterocycles. The lowest BCUT2D eigenvalue weighted by Gasteiger charge is -2.36. The summed E-state index contributed by atoms with van der Waals surface area (Å²) >= 11 is 0. The average molecular weight is 367 g/mol. The molecule has 142 valence electrons. The van der Waals surface area contributed by atoms with Gasteiger partial charge in [-0.05, 0) is 42.1 Å². The molecule has 25 heavy (non-hydrogen) atoms. The summed E-state index contributed by atoms with van der Waals surface area (Å²) in [5.74, 6) is 0.896. The molecular formula is C20H34O4Si. The van der Waals surface area contributed by atoms with Gasteiger partial charge in [0.1, 0.15) is 12.4 Å². The molecule has 0 heterocycles. The van der Waals surface area contributed by atoms with Gasteiger partial charge in [0.25, 0.3) is 0 Å². The normalized spacial score (nSPS) is 13.4. The summed E-state index contributed by atoms with van der Waals surface area (Å²) in [7, 11) is -1.73. The van der Waals surface area contributed by atoms with Crippen molar-refractivity contribution in [1.29, 1.82) is 0 Å². The van der Waals surface area contributed by atoms with Gasteiger partial charge in [0.15, 0.2) is 8.32 Å². The van der Waals surface area contributed by atoms with E-state index in [4.69, 9.17) is 13.9 Å². The Kier molecular flexibility index (Phi) is 8.15. The van der Waals surface area contributed by atoms with Crippen LogP contribution in [0.2, 0.25) is 18.1 Å². The highest BCUT2D eigenvalue weighted by atomic mass is 28.4. The molecule has 0 aromatic heterocycles. The summed E-state index contributed by atoms with van der Waals surface area (Å²) in [6.45, 7) is 16.3. The molecule has 0 fully saturated rings. The second kappa shape index (κ2) is 9.39. The number of hydrogen-bond donors (Lipinski definition) is 0. The van der Waals surface area contributed by atoms with Gasteiger partial charge >= 0.3 is 5.97 Å². The first-order valence-electron chi connectivity index (χ1n) is 9.01. The smallest absolute Gasteiger partial charge is 0.302 e. The van der Waals surface area contributed by atoms with Crippen LogP contribution in [0.4, 0.5) is 0 Å². The van der Waals surface area contributed by atoms with Crippen molar-refractivity contribution in [3.8, 4) is 5.75 Å². The molecule has 1 atom stereocenters. The van der Waals surface area contributed by atoms with Crippen molar-refractivity contribution in [2.75, 3.05) is 19.8 Å². The largest absolute Gasteiger partial charge is 0.491 e. The maximum Gasteiger partial charge on any atom is 0.302 e. The Balaban J connectivity index is 2.53. The van der Waals surface area contributed by atoms with Gasteiger partial charge in [0.05, 0.1) is 13.2 Å². The Morgan fingerprint density at radius 2 is 1.80 bits per heavy atom. The Morgan fingerprint density at radius 3 is 2.40 bits per heavy atom. The fourth-order valence-electron chi connectivity index (χ4n) is 2.17. The lowest BCUT2D eigenvalue weighted by Crippen LogP contribution is -2.41. The van der Waals surface area contributed by atoms with E-state index >= 15 is 0 Å². The second-order valence-corrected chi connectivity index (χ2v) is 13.0. The van der Waals surface area contributed by atoms with Crippen LogP contribution in [-0.2, 0) is 20.4 Å². The van der Waals surface area contributed by atoms with E-state index in [1.54, 1.807) is 0 Å². The van der Waals surface area contributed by atoms with Crippen LogP contribution in [0.5, 0.6) is 5.75 Å². The van der Waals surface area contributed by atoms with Gasteiger partial charge in [0, 0.05) is 6.92 Å². The predicted octanol–water partition coefficient (Wildman–Crippen LogP) is 4.83. The predicted molar refractivity (Wildman–Crippen MR) is 105 cm³/mol. The van der Waals surface area contributed by atoms with Crippen LogP contribution in [0.15, 0.2) is 24.3 Å². The average Bonchev–Trinajstić information content (AvgIpc) is 2.50. The number of esters is 1. The van der Waals surface area contributed by atoms with E-state index in [1.165, 1.54) is 6.92 Å². The van der Waals surface area contributed by atoms with Crippen LogP contribution in [0.25, 0.3) is 0 Å². The van der Waals surface area contributed by atoms with Crippen LogP contribution in [-0.4, -0.2) is 34.1 Å². The molecule has 0 bridgehead atoms. The molecule has 5 heteroatoms. The molecule has 0 saturated carbocycles. The van der Waals surface area contributed by atoms with Crippen LogP contribution in [0.3, 0.4) is 0 Å². The first-order valence-corrected chi connectivity index (χ1v) is 11.9. The number of benzene rings is 1. The Labute approximate surface area is 154 Å². The fourth-order valence-corrected chi connectivity index (χ4v) is 3.20. The Morgan fingerprint density at radius 1 is 1.16 bits per heavy atom. The van der Waals surface area contributed by atoms with Crippen molar-refractivity contribution in [2.45, 2.75) is 59.2 Å².